The van der Waals surface area contributed by atoms with Crippen LogP contribution >= 0.6 is 0 Å². The number of fused-ring (bicyclic) bond motifs is 6. The fourth-order valence-electron chi connectivity index (χ4n) is 6.76. The number of anilines is 2. The smallest absolute Gasteiger partial charge is 0.261 e. The minimum atomic E-state index is -1.08. The molecule has 1 heterocycles. The van der Waals surface area contributed by atoms with Gasteiger partial charge in [-0.1, -0.05) is 73.8 Å². The summed E-state index contributed by atoms with van der Waals surface area (Å²) in [5.74, 6) is -0.506. The summed E-state index contributed by atoms with van der Waals surface area (Å²) < 4.78 is 34.8. The molecule has 10 heteroatoms. The molecule has 1 aliphatic heterocycles. The topological polar surface area (TPSA) is 114 Å². The van der Waals surface area contributed by atoms with Crippen LogP contribution in [0.2, 0.25) is 0 Å². The maximum absolute atomic E-state index is 13.4. The molecule has 1 saturated heterocycles. The summed E-state index contributed by atoms with van der Waals surface area (Å²) in [6, 6.07) is 28.4. The van der Waals surface area contributed by atoms with Crippen LogP contribution in [0.4, 0.5) is 11.4 Å². The fourth-order valence-corrected chi connectivity index (χ4v) is 6.76. The highest BCUT2D eigenvalue weighted by atomic mass is 16.6. The largest absolute Gasteiger partial charge is 0.493 e. The van der Waals surface area contributed by atoms with Gasteiger partial charge in [-0.05, 0) is 81.6 Å². The normalized spacial score (nSPS) is 19.4. The molecular weight excluding hydrogens is 660 g/mol. The van der Waals surface area contributed by atoms with Crippen LogP contribution in [0.15, 0.2) is 110 Å². The number of ether oxygens (including phenoxy) is 6. The van der Waals surface area contributed by atoms with Gasteiger partial charge in [0.2, 0.25) is 0 Å². The van der Waals surface area contributed by atoms with Crippen LogP contribution < -0.4 is 10.6 Å². The molecule has 0 aromatic heterocycles. The van der Waals surface area contributed by atoms with Crippen LogP contribution in [-0.2, 0) is 50.9 Å². The Kier molecular flexibility index (Phi) is 11.1. The third kappa shape index (κ3) is 8.11. The van der Waals surface area contributed by atoms with Crippen molar-refractivity contribution in [1.29, 1.82) is 0 Å². The second-order valence-electron chi connectivity index (χ2n) is 12.7. The molecule has 2 amide bonds. The Morgan fingerprint density at radius 2 is 0.904 bits per heavy atom. The molecule has 4 aromatic carbocycles. The van der Waals surface area contributed by atoms with Crippen molar-refractivity contribution in [1.82, 2.24) is 0 Å². The second kappa shape index (κ2) is 16.4. The Morgan fingerprint density at radius 3 is 1.37 bits per heavy atom. The van der Waals surface area contributed by atoms with Gasteiger partial charge in [-0.15, -0.1) is 0 Å². The lowest BCUT2D eigenvalue weighted by Gasteiger charge is -2.22. The van der Waals surface area contributed by atoms with Crippen molar-refractivity contribution in [2.45, 2.75) is 25.0 Å². The molecule has 3 aliphatic rings. The lowest BCUT2D eigenvalue weighted by atomic mass is 10.1. The van der Waals surface area contributed by atoms with E-state index in [4.69, 9.17) is 28.4 Å². The molecule has 7 rings (SSSR count). The van der Waals surface area contributed by atoms with Gasteiger partial charge in [-0.2, -0.15) is 0 Å². The third-order valence-electron chi connectivity index (χ3n) is 9.24. The van der Waals surface area contributed by atoms with Crippen LogP contribution in [0.5, 0.6) is 0 Å². The molecule has 10 nitrogen and oxygen atoms in total. The number of hydrogen-bond donors (Lipinski definition) is 2. The number of rotatable bonds is 4. The molecule has 4 aromatic rings. The van der Waals surface area contributed by atoms with E-state index in [1.54, 1.807) is 0 Å². The Labute approximate surface area is 303 Å². The minimum Gasteiger partial charge on any atom is -0.493 e. The van der Waals surface area contributed by atoms with E-state index in [1.165, 1.54) is 33.4 Å². The van der Waals surface area contributed by atoms with Gasteiger partial charge in [0, 0.05) is 11.4 Å². The Morgan fingerprint density at radius 1 is 0.500 bits per heavy atom. The highest BCUT2D eigenvalue weighted by Gasteiger charge is 2.27. The summed E-state index contributed by atoms with van der Waals surface area (Å²) in [7, 11) is 0. The van der Waals surface area contributed by atoms with Crippen LogP contribution in [0.25, 0.3) is 22.3 Å². The third-order valence-corrected chi connectivity index (χ3v) is 9.24. The Balaban J connectivity index is 0.920. The first-order chi connectivity index (χ1) is 25.4. The molecule has 2 unspecified atom stereocenters. The number of nitrogens with one attached hydrogen (secondary N) is 2. The SMILES string of the molecule is C=C1OCCOCCOC(C(=O)Nc2ccc3c(c2)Cc2ccccc2-3)C(=C)OCCOCCOC1C(=O)Nc1ccc2c(c1)Cc1ccccc1-2. The molecule has 0 bridgehead atoms. The van der Waals surface area contributed by atoms with Crippen molar-refractivity contribution >= 4 is 23.2 Å². The van der Waals surface area contributed by atoms with E-state index in [9.17, 15) is 9.59 Å². The van der Waals surface area contributed by atoms with Crippen molar-refractivity contribution in [2.24, 2.45) is 0 Å². The average Bonchev–Trinajstić information content (AvgIpc) is 3.70. The zero-order valence-electron chi connectivity index (χ0n) is 29.0. The number of carbonyl (C=O) groups is 2. The number of carbonyl (C=O) groups excluding carboxylic acids is 2. The van der Waals surface area contributed by atoms with Crippen molar-refractivity contribution in [2.75, 3.05) is 63.5 Å². The molecule has 2 aliphatic carbocycles. The van der Waals surface area contributed by atoms with E-state index in [0.717, 1.165) is 24.0 Å². The first-order valence-electron chi connectivity index (χ1n) is 17.5. The van der Waals surface area contributed by atoms with E-state index in [-0.39, 0.29) is 64.4 Å². The predicted molar refractivity (Wildman–Crippen MR) is 198 cm³/mol. The number of amides is 2. The van der Waals surface area contributed by atoms with E-state index >= 15 is 0 Å². The first kappa shape index (κ1) is 35.2. The van der Waals surface area contributed by atoms with Gasteiger partial charge in [0.25, 0.3) is 11.8 Å². The quantitative estimate of drug-likeness (QED) is 0.221. The first-order valence-corrected chi connectivity index (χ1v) is 17.5. The lowest BCUT2D eigenvalue weighted by Crippen LogP contribution is -2.35. The highest BCUT2D eigenvalue weighted by molar-refractivity contribution is 5.97. The monoisotopic (exact) mass is 702 g/mol. The van der Waals surface area contributed by atoms with Crippen molar-refractivity contribution in [3.63, 3.8) is 0 Å². The standard InChI is InChI=1S/C42H42N2O8/c1-27-39(41(45)43-33-11-13-37-31(25-33)23-29-7-3-5-9-35(29)37)51-21-17-48-16-20-50-28(2)40(52-22-18-47-15-19-49-27)42(46)44-34-12-14-38-32(26-34)24-30-8-4-6-10-36(30)38/h3-14,25-26,39-40H,1-2,15-24H2,(H,43,45)(H,44,46). The summed E-state index contributed by atoms with van der Waals surface area (Å²) in [5.41, 5.74) is 10.9. The molecule has 268 valence electrons. The van der Waals surface area contributed by atoms with E-state index in [1.807, 2.05) is 60.7 Å². The molecule has 2 atom stereocenters. The Hall–Kier alpha value is -5.26. The van der Waals surface area contributed by atoms with Gasteiger partial charge in [-0.25, -0.2) is 0 Å². The van der Waals surface area contributed by atoms with Crippen molar-refractivity contribution < 1.29 is 38.0 Å². The molecule has 52 heavy (non-hydrogen) atoms. The zero-order valence-corrected chi connectivity index (χ0v) is 29.0. The molecule has 0 saturated carbocycles. The average molecular weight is 703 g/mol. The van der Waals surface area contributed by atoms with Crippen molar-refractivity contribution in [3.8, 4) is 22.3 Å². The van der Waals surface area contributed by atoms with Gasteiger partial charge in [0.05, 0.1) is 39.6 Å². The predicted octanol–water partition coefficient (Wildman–Crippen LogP) is 6.28. The summed E-state index contributed by atoms with van der Waals surface area (Å²) in [4.78, 5) is 26.9. The van der Waals surface area contributed by atoms with Gasteiger partial charge in [0.15, 0.2) is 12.2 Å². The van der Waals surface area contributed by atoms with Crippen molar-refractivity contribution in [3.05, 3.63) is 132 Å². The maximum atomic E-state index is 13.4. The lowest BCUT2D eigenvalue weighted by molar-refractivity contribution is -0.131. The van der Waals surface area contributed by atoms with Gasteiger partial charge >= 0.3 is 0 Å². The van der Waals surface area contributed by atoms with Gasteiger partial charge in [0.1, 0.15) is 24.7 Å². The molecular formula is C42H42N2O8. The maximum Gasteiger partial charge on any atom is 0.261 e. The number of hydrogen-bond acceptors (Lipinski definition) is 8. The zero-order chi connectivity index (χ0) is 35.9. The molecule has 1 fully saturated rings. The molecule has 2 N–H and O–H groups in total. The number of benzene rings is 4. The van der Waals surface area contributed by atoms with E-state index < -0.39 is 24.0 Å². The summed E-state index contributed by atoms with van der Waals surface area (Å²) in [6.45, 7) is 9.12. The summed E-state index contributed by atoms with van der Waals surface area (Å²) in [6.07, 6.45) is -0.535. The molecule has 0 spiro atoms. The summed E-state index contributed by atoms with van der Waals surface area (Å²) >= 11 is 0. The van der Waals surface area contributed by atoms with Crippen LogP contribution in [0, 0.1) is 0 Å². The Bertz CT molecular complexity index is 1830. The molecule has 0 radical (unpaired) electrons. The van der Waals surface area contributed by atoms with Crippen LogP contribution in [-0.4, -0.2) is 76.9 Å². The minimum absolute atomic E-state index is 0.0947. The fraction of sp³-hybridized carbons (Fsp3) is 0.286. The second-order valence-corrected chi connectivity index (χ2v) is 12.7. The van der Waals surface area contributed by atoms with E-state index in [2.05, 4.69) is 48.1 Å². The van der Waals surface area contributed by atoms with Gasteiger partial charge < -0.3 is 39.1 Å². The van der Waals surface area contributed by atoms with E-state index in [0.29, 0.717) is 11.4 Å². The highest BCUT2D eigenvalue weighted by Crippen LogP contribution is 2.39. The van der Waals surface area contributed by atoms with Crippen LogP contribution in [0.3, 0.4) is 0 Å². The summed E-state index contributed by atoms with van der Waals surface area (Å²) in [5, 5.41) is 5.92. The van der Waals surface area contributed by atoms with Crippen LogP contribution in [0.1, 0.15) is 22.3 Å². The van der Waals surface area contributed by atoms with Gasteiger partial charge in [-0.3, -0.25) is 9.59 Å².